The van der Waals surface area contributed by atoms with E-state index in [9.17, 15) is 45.4 Å². The van der Waals surface area contributed by atoms with Crippen LogP contribution in [0, 0.1) is 0 Å². The van der Waals surface area contributed by atoms with Crippen LogP contribution in [0.2, 0.25) is 0 Å². The molecule has 1 fully saturated rings. The first-order valence-corrected chi connectivity index (χ1v) is 12.2. The second-order valence-electron chi connectivity index (χ2n) is 8.69. The molecule has 39 heavy (non-hydrogen) atoms. The molecule has 1 saturated carbocycles. The molecule has 1 atom stereocenters. The fourth-order valence-corrected chi connectivity index (χ4v) is 3.69. The number of carbonyl (C=O) groups is 2. The van der Waals surface area contributed by atoms with Gasteiger partial charge in [-0.15, -0.1) is 0 Å². The maximum absolute atomic E-state index is 13.5. The number of hydrogen-bond acceptors (Lipinski definition) is 6. The molecule has 1 aliphatic carbocycles. The molecule has 0 saturated heterocycles. The predicted molar refractivity (Wildman–Crippen MR) is 121 cm³/mol. The second kappa shape index (κ2) is 14.0. The molecule has 1 N–H and O–H groups in total. The highest BCUT2D eigenvalue weighted by Crippen LogP contribution is 2.46. The summed E-state index contributed by atoms with van der Waals surface area (Å²) in [7, 11) is 0. The van der Waals surface area contributed by atoms with Crippen LogP contribution in [0.25, 0.3) is 0 Å². The van der Waals surface area contributed by atoms with Crippen molar-refractivity contribution in [3.05, 3.63) is 29.8 Å². The van der Waals surface area contributed by atoms with Crippen LogP contribution < -0.4 is 4.74 Å². The van der Waals surface area contributed by atoms with Gasteiger partial charge in [0.2, 0.25) is 0 Å². The van der Waals surface area contributed by atoms with Crippen LogP contribution in [-0.4, -0.2) is 85.4 Å². The van der Waals surface area contributed by atoms with Crippen molar-refractivity contribution >= 4 is 12.1 Å². The largest absolute Gasteiger partial charge is 0.492 e. The van der Waals surface area contributed by atoms with Gasteiger partial charge in [-0.1, -0.05) is 12.1 Å². The first-order chi connectivity index (χ1) is 18.2. The molecule has 1 aliphatic rings. The van der Waals surface area contributed by atoms with Crippen molar-refractivity contribution in [3.63, 3.8) is 0 Å². The molecule has 8 nitrogen and oxygen atoms in total. The second-order valence-corrected chi connectivity index (χ2v) is 8.69. The third kappa shape index (κ3) is 9.41. The molecular formula is C24H30F7NO7. The van der Waals surface area contributed by atoms with Crippen LogP contribution in [0.5, 0.6) is 5.75 Å². The highest BCUT2D eigenvalue weighted by Gasteiger charge is 2.74. The van der Waals surface area contributed by atoms with E-state index in [1.54, 1.807) is 19.1 Å². The van der Waals surface area contributed by atoms with Crippen LogP contribution in [0.3, 0.4) is 0 Å². The first-order valence-electron chi connectivity index (χ1n) is 12.2. The van der Waals surface area contributed by atoms with Crippen molar-refractivity contribution in [1.82, 2.24) is 4.90 Å². The van der Waals surface area contributed by atoms with Crippen LogP contribution in [0.4, 0.5) is 35.5 Å². The zero-order valence-corrected chi connectivity index (χ0v) is 21.0. The Morgan fingerprint density at radius 1 is 1.00 bits per heavy atom. The molecule has 15 heteroatoms. The van der Waals surface area contributed by atoms with Crippen LogP contribution >= 0.6 is 0 Å². The molecule has 1 unspecified atom stereocenters. The SMILES string of the molecule is CCOC(Cc1ccc(OCCN(CCOC(F)(F)C(F)(F)C(F)(F)F)C(=O)OC2CCCC2)cc1)C(=O)O. The van der Waals surface area contributed by atoms with E-state index in [4.69, 9.17) is 14.2 Å². The van der Waals surface area contributed by atoms with Crippen LogP contribution in [0.1, 0.15) is 38.2 Å². The first kappa shape index (κ1) is 32.4. The van der Waals surface area contributed by atoms with E-state index in [1.807, 2.05) is 0 Å². The number of alkyl halides is 7. The quantitative estimate of drug-likeness (QED) is 0.283. The minimum absolute atomic E-state index is 0.0995. The Balaban J connectivity index is 1.96. The summed E-state index contributed by atoms with van der Waals surface area (Å²) in [5, 5.41) is 9.17. The average Bonchev–Trinajstić information content (AvgIpc) is 3.35. The third-order valence-electron chi connectivity index (χ3n) is 5.81. The van der Waals surface area contributed by atoms with Crippen molar-refractivity contribution in [3.8, 4) is 5.75 Å². The number of amides is 1. The third-order valence-corrected chi connectivity index (χ3v) is 5.81. The molecule has 2 rings (SSSR count). The highest BCUT2D eigenvalue weighted by molar-refractivity contribution is 5.72. The number of benzene rings is 1. The van der Waals surface area contributed by atoms with E-state index in [0.29, 0.717) is 24.2 Å². The number of carboxylic acid groups (broad SMARTS) is 1. The summed E-state index contributed by atoms with van der Waals surface area (Å²) < 4.78 is 109. The van der Waals surface area contributed by atoms with Crippen molar-refractivity contribution in [2.75, 3.05) is 32.9 Å². The number of carboxylic acids is 1. The smallest absolute Gasteiger partial charge is 0.462 e. The summed E-state index contributed by atoms with van der Waals surface area (Å²) in [5.74, 6) is -7.25. The van der Waals surface area contributed by atoms with Gasteiger partial charge in [0.1, 0.15) is 18.5 Å². The van der Waals surface area contributed by atoms with Gasteiger partial charge in [0.05, 0.1) is 13.2 Å². The van der Waals surface area contributed by atoms with E-state index in [-0.39, 0.29) is 26.2 Å². The Morgan fingerprint density at radius 3 is 2.13 bits per heavy atom. The van der Waals surface area contributed by atoms with Crippen molar-refractivity contribution in [2.45, 2.75) is 69.4 Å². The van der Waals surface area contributed by atoms with Gasteiger partial charge in [-0.3, -0.25) is 0 Å². The molecule has 0 aromatic heterocycles. The number of aliphatic carboxylic acids is 1. The van der Waals surface area contributed by atoms with Gasteiger partial charge in [-0.2, -0.15) is 30.7 Å². The standard InChI is InChI=1S/C24H30F7NO7/c1-2-36-19(20(33)34)15-16-7-9-17(10-8-16)37-13-11-32(21(35)39-18-5-3-4-6-18)12-14-38-24(30,31)22(25,26)23(27,28)29/h7-10,18-19H,2-6,11-15H2,1H3,(H,33,34). The summed E-state index contributed by atoms with van der Waals surface area (Å²) in [5.41, 5.74) is 0.638. The molecule has 1 amide bonds. The minimum atomic E-state index is -6.54. The summed E-state index contributed by atoms with van der Waals surface area (Å²) >= 11 is 0. The molecule has 0 spiro atoms. The zero-order chi connectivity index (χ0) is 29.3. The molecule has 0 heterocycles. The Kier molecular flexibility index (Phi) is 11.6. The lowest BCUT2D eigenvalue weighted by Crippen LogP contribution is -2.54. The molecule has 0 bridgehead atoms. The molecule has 1 aromatic rings. The topological polar surface area (TPSA) is 94.5 Å². The van der Waals surface area contributed by atoms with E-state index in [2.05, 4.69) is 4.74 Å². The van der Waals surface area contributed by atoms with Gasteiger partial charge in [0, 0.05) is 19.6 Å². The molecular weight excluding hydrogens is 547 g/mol. The number of rotatable bonds is 15. The molecule has 1 aromatic carbocycles. The average molecular weight is 577 g/mol. The van der Waals surface area contributed by atoms with Gasteiger partial charge < -0.3 is 29.0 Å². The van der Waals surface area contributed by atoms with Gasteiger partial charge in [0.25, 0.3) is 0 Å². The number of carbonyl (C=O) groups excluding carboxylic acids is 1. The monoisotopic (exact) mass is 577 g/mol. The zero-order valence-electron chi connectivity index (χ0n) is 21.0. The van der Waals surface area contributed by atoms with E-state index >= 15 is 0 Å². The van der Waals surface area contributed by atoms with E-state index in [0.717, 1.165) is 17.7 Å². The van der Waals surface area contributed by atoms with Gasteiger partial charge >= 0.3 is 30.3 Å². The fourth-order valence-electron chi connectivity index (χ4n) is 3.69. The van der Waals surface area contributed by atoms with Crippen molar-refractivity contribution < 1.29 is 64.4 Å². The Bertz CT molecular complexity index is 922. The predicted octanol–water partition coefficient (Wildman–Crippen LogP) is 5.29. The number of hydrogen-bond donors (Lipinski definition) is 1. The summed E-state index contributed by atoms with van der Waals surface area (Å²) in [6, 6.07) is 6.22. The lowest BCUT2D eigenvalue weighted by atomic mass is 10.1. The molecule has 0 radical (unpaired) electrons. The van der Waals surface area contributed by atoms with Crippen molar-refractivity contribution in [2.24, 2.45) is 0 Å². The minimum Gasteiger partial charge on any atom is -0.492 e. The lowest BCUT2D eigenvalue weighted by Gasteiger charge is -2.29. The van der Waals surface area contributed by atoms with Crippen molar-refractivity contribution in [1.29, 1.82) is 0 Å². The van der Waals surface area contributed by atoms with Gasteiger partial charge in [0.15, 0.2) is 6.10 Å². The number of nitrogens with zero attached hydrogens (tertiary/aromatic N) is 1. The maximum Gasteiger partial charge on any atom is 0.462 e. The van der Waals surface area contributed by atoms with Gasteiger partial charge in [-0.05, 0) is 50.3 Å². The van der Waals surface area contributed by atoms with Gasteiger partial charge in [-0.25, -0.2) is 9.59 Å². The Labute approximate surface area is 219 Å². The fraction of sp³-hybridized carbons (Fsp3) is 0.667. The van der Waals surface area contributed by atoms with Crippen LogP contribution in [-0.2, 0) is 25.4 Å². The van der Waals surface area contributed by atoms with E-state index < -0.39 is 55.6 Å². The Hall–Kier alpha value is -2.81. The molecule has 222 valence electrons. The molecule has 0 aliphatic heterocycles. The van der Waals surface area contributed by atoms with E-state index in [1.165, 1.54) is 12.1 Å². The summed E-state index contributed by atoms with van der Waals surface area (Å²) in [6.45, 7) is -0.738. The lowest BCUT2D eigenvalue weighted by molar-refractivity contribution is -0.423. The summed E-state index contributed by atoms with van der Waals surface area (Å²) in [4.78, 5) is 24.6. The Morgan fingerprint density at radius 2 is 1.59 bits per heavy atom. The summed E-state index contributed by atoms with van der Waals surface area (Å²) in [6.07, 6.45) is -12.0. The number of halogens is 7. The van der Waals surface area contributed by atoms with Crippen LogP contribution in [0.15, 0.2) is 24.3 Å². The highest BCUT2D eigenvalue weighted by atomic mass is 19.4. The maximum atomic E-state index is 13.5. The normalized spacial score (nSPS) is 15.7. The number of ether oxygens (including phenoxy) is 4.